The smallest absolute Gasteiger partial charge is 0.416 e. The number of hydrogen-bond acceptors (Lipinski definition) is 2. The zero-order chi connectivity index (χ0) is 17.9. The van der Waals surface area contributed by atoms with Gasteiger partial charge in [0, 0.05) is 12.1 Å². The quantitative estimate of drug-likeness (QED) is 0.853. The van der Waals surface area contributed by atoms with Crippen molar-refractivity contribution in [1.29, 1.82) is 0 Å². The lowest BCUT2D eigenvalue weighted by atomic mass is 10.1. The lowest BCUT2D eigenvalue weighted by Crippen LogP contribution is -2.24. The molecule has 0 atom stereocenters. The maximum absolute atomic E-state index is 13.5. The fourth-order valence-corrected chi connectivity index (χ4v) is 2.05. The van der Waals surface area contributed by atoms with Gasteiger partial charge in [0.15, 0.2) is 11.6 Å². The first-order valence-electron chi connectivity index (χ1n) is 6.69. The van der Waals surface area contributed by atoms with Crippen molar-refractivity contribution >= 4 is 5.91 Å². The minimum absolute atomic E-state index is 0.0653. The van der Waals surface area contributed by atoms with Gasteiger partial charge in [0.1, 0.15) is 5.82 Å². The van der Waals surface area contributed by atoms with Crippen molar-refractivity contribution in [2.45, 2.75) is 12.7 Å². The highest BCUT2D eigenvalue weighted by Crippen LogP contribution is 2.32. The molecule has 2 rings (SSSR count). The van der Waals surface area contributed by atoms with Gasteiger partial charge in [-0.05, 0) is 35.9 Å². The van der Waals surface area contributed by atoms with Gasteiger partial charge < -0.3 is 10.1 Å². The monoisotopic (exact) mass is 345 g/mol. The van der Waals surface area contributed by atoms with Gasteiger partial charge in [0.05, 0.1) is 12.7 Å². The van der Waals surface area contributed by atoms with Gasteiger partial charge in [-0.3, -0.25) is 4.79 Å². The van der Waals surface area contributed by atoms with E-state index in [1.54, 1.807) is 0 Å². The van der Waals surface area contributed by atoms with Crippen LogP contribution in [0.5, 0.6) is 5.75 Å². The Morgan fingerprint density at radius 1 is 1.12 bits per heavy atom. The van der Waals surface area contributed by atoms with E-state index in [0.717, 1.165) is 18.2 Å². The van der Waals surface area contributed by atoms with Gasteiger partial charge in [-0.25, -0.2) is 8.78 Å². The summed E-state index contributed by atoms with van der Waals surface area (Å²) >= 11 is 0. The number of methoxy groups -OCH3 is 1. The summed E-state index contributed by atoms with van der Waals surface area (Å²) in [6, 6.07) is 5.56. The van der Waals surface area contributed by atoms with Crippen LogP contribution in [0.1, 0.15) is 21.5 Å². The molecule has 0 aromatic heterocycles. The van der Waals surface area contributed by atoms with E-state index in [4.69, 9.17) is 4.74 Å². The largest absolute Gasteiger partial charge is 0.494 e. The third kappa shape index (κ3) is 4.01. The first-order valence-corrected chi connectivity index (χ1v) is 6.69. The zero-order valence-corrected chi connectivity index (χ0v) is 12.4. The molecule has 0 radical (unpaired) electrons. The average molecular weight is 345 g/mol. The van der Waals surface area contributed by atoms with Crippen molar-refractivity contribution < 1.29 is 31.5 Å². The molecular formula is C16H12F5NO2. The summed E-state index contributed by atoms with van der Waals surface area (Å²) in [7, 11) is 1.26. The number of alkyl halides is 3. The third-order valence-electron chi connectivity index (χ3n) is 3.23. The normalized spacial score (nSPS) is 11.2. The summed E-state index contributed by atoms with van der Waals surface area (Å²) in [4.78, 5) is 11.9. The van der Waals surface area contributed by atoms with Crippen LogP contribution >= 0.6 is 0 Å². The highest BCUT2D eigenvalue weighted by Gasteiger charge is 2.33. The van der Waals surface area contributed by atoms with Gasteiger partial charge in [-0.2, -0.15) is 13.2 Å². The van der Waals surface area contributed by atoms with E-state index in [1.807, 2.05) is 0 Å². The maximum atomic E-state index is 13.5. The number of rotatable bonds is 4. The van der Waals surface area contributed by atoms with Gasteiger partial charge in [0.25, 0.3) is 5.91 Å². The molecule has 0 saturated carbocycles. The third-order valence-corrected chi connectivity index (χ3v) is 3.23. The summed E-state index contributed by atoms with van der Waals surface area (Å²) in [6.07, 6.45) is -4.76. The first kappa shape index (κ1) is 17.7. The molecule has 0 aliphatic heterocycles. The summed E-state index contributed by atoms with van der Waals surface area (Å²) in [5.74, 6) is -2.64. The number of amides is 1. The Bertz CT molecular complexity index is 759. The van der Waals surface area contributed by atoms with E-state index in [-0.39, 0.29) is 16.9 Å². The van der Waals surface area contributed by atoms with Crippen molar-refractivity contribution in [1.82, 2.24) is 5.32 Å². The summed E-state index contributed by atoms with van der Waals surface area (Å²) in [6.45, 7) is -0.485. The molecule has 0 fully saturated rings. The Morgan fingerprint density at radius 2 is 1.83 bits per heavy atom. The Morgan fingerprint density at radius 3 is 2.42 bits per heavy atom. The van der Waals surface area contributed by atoms with Gasteiger partial charge in [-0.1, -0.05) is 6.07 Å². The van der Waals surface area contributed by atoms with Crippen LogP contribution < -0.4 is 10.1 Å². The van der Waals surface area contributed by atoms with Crippen LogP contribution in [0.25, 0.3) is 0 Å². The zero-order valence-electron chi connectivity index (χ0n) is 12.4. The Kier molecular flexibility index (Phi) is 5.06. The second kappa shape index (κ2) is 6.86. The molecule has 2 aromatic rings. The molecule has 0 aliphatic carbocycles. The van der Waals surface area contributed by atoms with E-state index in [2.05, 4.69) is 5.32 Å². The molecule has 2 aromatic carbocycles. The van der Waals surface area contributed by atoms with E-state index in [1.165, 1.54) is 19.2 Å². The van der Waals surface area contributed by atoms with Crippen LogP contribution in [-0.2, 0) is 12.7 Å². The summed E-state index contributed by atoms with van der Waals surface area (Å²) in [5.41, 5.74) is -1.56. The molecule has 128 valence electrons. The van der Waals surface area contributed by atoms with Crippen LogP contribution in [-0.4, -0.2) is 13.0 Å². The minimum atomic E-state index is -4.76. The fraction of sp³-hybridized carbons (Fsp3) is 0.188. The topological polar surface area (TPSA) is 38.3 Å². The molecule has 8 heteroatoms. The molecule has 0 unspecified atom stereocenters. The highest BCUT2D eigenvalue weighted by atomic mass is 19.4. The van der Waals surface area contributed by atoms with Crippen LogP contribution in [0.4, 0.5) is 22.0 Å². The van der Waals surface area contributed by atoms with E-state index >= 15 is 0 Å². The predicted molar refractivity (Wildman–Crippen MR) is 75.5 cm³/mol. The molecule has 24 heavy (non-hydrogen) atoms. The number of carbonyl (C=O) groups is 1. The van der Waals surface area contributed by atoms with Crippen molar-refractivity contribution in [2.24, 2.45) is 0 Å². The summed E-state index contributed by atoms with van der Waals surface area (Å²) < 4.78 is 69.9. The molecule has 3 nitrogen and oxygen atoms in total. The molecule has 0 aliphatic rings. The molecule has 0 bridgehead atoms. The van der Waals surface area contributed by atoms with E-state index < -0.39 is 35.8 Å². The van der Waals surface area contributed by atoms with Crippen LogP contribution in [0.2, 0.25) is 0 Å². The first-order chi connectivity index (χ1) is 11.2. The molecule has 1 amide bonds. The SMILES string of the molecule is COc1ccc(C(=O)NCc2ccc(F)cc2C(F)(F)F)cc1F. The van der Waals surface area contributed by atoms with Crippen molar-refractivity contribution in [3.63, 3.8) is 0 Å². The predicted octanol–water partition coefficient (Wildman–Crippen LogP) is 3.92. The van der Waals surface area contributed by atoms with Gasteiger partial charge in [0.2, 0.25) is 0 Å². The van der Waals surface area contributed by atoms with Crippen LogP contribution in [0, 0.1) is 11.6 Å². The Labute approximate surface area is 134 Å². The molecule has 0 spiro atoms. The second-order valence-electron chi connectivity index (χ2n) is 4.83. The Balaban J connectivity index is 2.16. The standard InChI is InChI=1S/C16H12F5NO2/c1-24-14-5-3-9(6-13(14)18)15(23)22-8-10-2-4-11(17)7-12(10)16(19,20)21/h2-7H,8H2,1H3,(H,22,23). The average Bonchev–Trinajstić information content (AvgIpc) is 2.52. The van der Waals surface area contributed by atoms with Crippen LogP contribution in [0.15, 0.2) is 36.4 Å². The van der Waals surface area contributed by atoms with Crippen molar-refractivity contribution in [3.8, 4) is 5.75 Å². The number of ether oxygens (including phenoxy) is 1. The van der Waals surface area contributed by atoms with Gasteiger partial charge >= 0.3 is 6.18 Å². The minimum Gasteiger partial charge on any atom is -0.494 e. The fourth-order valence-electron chi connectivity index (χ4n) is 2.05. The number of nitrogens with one attached hydrogen (secondary N) is 1. The number of carbonyl (C=O) groups excluding carboxylic acids is 1. The Hall–Kier alpha value is -2.64. The van der Waals surface area contributed by atoms with Crippen LogP contribution in [0.3, 0.4) is 0 Å². The molecule has 0 heterocycles. The molecule has 1 N–H and O–H groups in total. The number of benzene rings is 2. The lowest BCUT2D eigenvalue weighted by molar-refractivity contribution is -0.138. The van der Waals surface area contributed by atoms with E-state index in [0.29, 0.717) is 6.07 Å². The lowest BCUT2D eigenvalue weighted by Gasteiger charge is -2.14. The number of hydrogen-bond donors (Lipinski definition) is 1. The highest BCUT2D eigenvalue weighted by molar-refractivity contribution is 5.94. The number of halogens is 5. The van der Waals surface area contributed by atoms with Gasteiger partial charge in [-0.15, -0.1) is 0 Å². The summed E-state index contributed by atoms with van der Waals surface area (Å²) in [5, 5.41) is 2.24. The molecule has 0 saturated heterocycles. The maximum Gasteiger partial charge on any atom is 0.416 e. The second-order valence-corrected chi connectivity index (χ2v) is 4.83. The van der Waals surface area contributed by atoms with Crippen molar-refractivity contribution in [2.75, 3.05) is 7.11 Å². The molecular weight excluding hydrogens is 333 g/mol. The van der Waals surface area contributed by atoms with E-state index in [9.17, 15) is 26.7 Å². The van der Waals surface area contributed by atoms with Crippen molar-refractivity contribution in [3.05, 3.63) is 64.7 Å².